The monoisotopic (exact) mass is 267 g/mol. The molecule has 0 fully saturated rings. The summed E-state index contributed by atoms with van der Waals surface area (Å²) >= 11 is 0. The van der Waals surface area contributed by atoms with Gasteiger partial charge in [0.15, 0.2) is 0 Å². The molecule has 0 saturated carbocycles. The second-order valence-electron chi connectivity index (χ2n) is 4.73. The van der Waals surface area contributed by atoms with E-state index in [-0.39, 0.29) is 0 Å². The average Bonchev–Trinajstić information content (AvgIpc) is 3.00. The Bertz CT molecular complexity index is 662. The molecular formula is C17H17NO2. The van der Waals surface area contributed by atoms with E-state index in [2.05, 4.69) is 36.2 Å². The summed E-state index contributed by atoms with van der Waals surface area (Å²) in [5, 5.41) is 0. The lowest BCUT2D eigenvalue weighted by atomic mass is 9.95. The van der Waals surface area contributed by atoms with Gasteiger partial charge in [-0.05, 0) is 24.1 Å². The molecule has 3 rings (SSSR count). The maximum atomic E-state index is 5.66. The Morgan fingerprint density at radius 3 is 2.60 bits per heavy atom. The van der Waals surface area contributed by atoms with Crippen molar-refractivity contribution in [3.63, 3.8) is 0 Å². The highest BCUT2D eigenvalue weighted by atomic mass is 16.5. The zero-order valence-electron chi connectivity index (χ0n) is 11.7. The van der Waals surface area contributed by atoms with Crippen LogP contribution in [0, 0.1) is 6.92 Å². The lowest BCUT2D eigenvalue weighted by molar-refractivity contribution is 0.348. The fraction of sp³-hybridized carbons (Fsp3) is 0.235. The summed E-state index contributed by atoms with van der Waals surface area (Å²) < 4.78 is 11.1. The minimum Gasteiger partial charge on any atom is -0.496 e. The standard InChI is InChI=1S/C17H17NO2/c1-12-6-5-8-14(16(12)17-18-10-11-20-17)13-7-3-4-9-15(13)19-2/h3-9H,10-11H2,1-2H3. The molecule has 0 unspecified atom stereocenters. The summed E-state index contributed by atoms with van der Waals surface area (Å²) in [7, 11) is 1.69. The summed E-state index contributed by atoms with van der Waals surface area (Å²) in [6.45, 7) is 3.47. The van der Waals surface area contributed by atoms with Crippen molar-refractivity contribution in [2.75, 3.05) is 20.3 Å². The number of aryl methyl sites for hydroxylation is 1. The van der Waals surface area contributed by atoms with Crippen molar-refractivity contribution in [1.82, 2.24) is 0 Å². The maximum absolute atomic E-state index is 5.66. The van der Waals surface area contributed by atoms with Crippen molar-refractivity contribution in [1.29, 1.82) is 0 Å². The first-order valence-corrected chi connectivity index (χ1v) is 6.72. The van der Waals surface area contributed by atoms with Gasteiger partial charge >= 0.3 is 0 Å². The maximum Gasteiger partial charge on any atom is 0.217 e. The molecule has 0 atom stereocenters. The number of rotatable bonds is 3. The second-order valence-corrected chi connectivity index (χ2v) is 4.73. The Morgan fingerprint density at radius 1 is 1.05 bits per heavy atom. The van der Waals surface area contributed by atoms with Gasteiger partial charge in [-0.25, -0.2) is 4.99 Å². The number of hydrogen-bond donors (Lipinski definition) is 0. The van der Waals surface area contributed by atoms with Crippen LogP contribution in [0.1, 0.15) is 11.1 Å². The van der Waals surface area contributed by atoms with E-state index in [0.717, 1.165) is 40.4 Å². The molecule has 102 valence electrons. The molecule has 3 nitrogen and oxygen atoms in total. The predicted molar refractivity (Wildman–Crippen MR) is 80.5 cm³/mol. The van der Waals surface area contributed by atoms with Crippen LogP contribution in [0.4, 0.5) is 0 Å². The third-order valence-electron chi connectivity index (χ3n) is 3.47. The van der Waals surface area contributed by atoms with Gasteiger partial charge in [0.2, 0.25) is 5.90 Å². The van der Waals surface area contributed by atoms with Gasteiger partial charge in [-0.2, -0.15) is 0 Å². The zero-order chi connectivity index (χ0) is 13.9. The number of aliphatic imine (C=N–C) groups is 1. The highest BCUT2D eigenvalue weighted by Gasteiger charge is 2.19. The molecule has 0 spiro atoms. The summed E-state index contributed by atoms with van der Waals surface area (Å²) in [6.07, 6.45) is 0. The molecule has 0 saturated heterocycles. The second kappa shape index (κ2) is 5.37. The number of para-hydroxylation sites is 1. The fourth-order valence-electron chi connectivity index (χ4n) is 2.53. The van der Waals surface area contributed by atoms with Crippen LogP contribution in [0.5, 0.6) is 5.75 Å². The van der Waals surface area contributed by atoms with E-state index in [1.807, 2.05) is 18.2 Å². The van der Waals surface area contributed by atoms with Crippen LogP contribution < -0.4 is 4.74 Å². The van der Waals surface area contributed by atoms with Crippen LogP contribution in [-0.2, 0) is 4.74 Å². The average molecular weight is 267 g/mol. The normalized spacial score (nSPS) is 13.8. The molecular weight excluding hydrogens is 250 g/mol. The van der Waals surface area contributed by atoms with Crippen molar-refractivity contribution in [2.24, 2.45) is 4.99 Å². The molecule has 0 aliphatic carbocycles. The first-order chi connectivity index (χ1) is 9.81. The smallest absolute Gasteiger partial charge is 0.217 e. The van der Waals surface area contributed by atoms with E-state index in [1.54, 1.807) is 7.11 Å². The minimum absolute atomic E-state index is 0.662. The van der Waals surface area contributed by atoms with Crippen molar-refractivity contribution < 1.29 is 9.47 Å². The van der Waals surface area contributed by atoms with Crippen LogP contribution in [0.25, 0.3) is 11.1 Å². The minimum atomic E-state index is 0.662. The Morgan fingerprint density at radius 2 is 1.85 bits per heavy atom. The van der Waals surface area contributed by atoms with E-state index in [1.165, 1.54) is 0 Å². The van der Waals surface area contributed by atoms with E-state index >= 15 is 0 Å². The first kappa shape index (κ1) is 12.7. The number of benzene rings is 2. The number of nitrogens with zero attached hydrogens (tertiary/aromatic N) is 1. The highest BCUT2D eigenvalue weighted by molar-refractivity contribution is 6.03. The molecule has 1 aliphatic heterocycles. The van der Waals surface area contributed by atoms with Gasteiger partial charge in [0.25, 0.3) is 0 Å². The van der Waals surface area contributed by atoms with Gasteiger partial charge in [-0.3, -0.25) is 0 Å². The molecule has 0 radical (unpaired) electrons. The first-order valence-electron chi connectivity index (χ1n) is 6.72. The van der Waals surface area contributed by atoms with E-state index < -0.39 is 0 Å². The van der Waals surface area contributed by atoms with Crippen LogP contribution in [0.2, 0.25) is 0 Å². The molecule has 1 aliphatic rings. The third-order valence-corrected chi connectivity index (χ3v) is 3.47. The molecule has 2 aromatic rings. The quantitative estimate of drug-likeness (QED) is 0.852. The molecule has 0 aromatic heterocycles. The van der Waals surface area contributed by atoms with Gasteiger partial charge in [0, 0.05) is 11.1 Å². The van der Waals surface area contributed by atoms with Gasteiger partial charge < -0.3 is 9.47 Å². The van der Waals surface area contributed by atoms with Crippen LogP contribution in [0.15, 0.2) is 47.5 Å². The molecule has 2 aromatic carbocycles. The number of methoxy groups -OCH3 is 1. The lowest BCUT2D eigenvalue weighted by Crippen LogP contribution is -2.06. The number of ether oxygens (including phenoxy) is 2. The summed E-state index contributed by atoms with van der Waals surface area (Å²) in [5.74, 6) is 1.60. The predicted octanol–water partition coefficient (Wildman–Crippen LogP) is 3.45. The Balaban J connectivity index is 2.21. The van der Waals surface area contributed by atoms with E-state index in [0.29, 0.717) is 6.61 Å². The Kier molecular flexibility index (Phi) is 3.42. The van der Waals surface area contributed by atoms with Gasteiger partial charge in [0.1, 0.15) is 12.4 Å². The van der Waals surface area contributed by atoms with Gasteiger partial charge in [-0.1, -0.05) is 36.4 Å². The Hall–Kier alpha value is -2.29. The SMILES string of the molecule is COc1ccccc1-c1cccc(C)c1C1=NCCO1. The summed E-state index contributed by atoms with van der Waals surface area (Å²) in [5.41, 5.74) is 4.39. The molecule has 3 heteroatoms. The zero-order valence-corrected chi connectivity index (χ0v) is 11.7. The van der Waals surface area contributed by atoms with Crippen LogP contribution in [-0.4, -0.2) is 26.2 Å². The summed E-state index contributed by atoms with van der Waals surface area (Å²) in [4.78, 5) is 4.46. The van der Waals surface area contributed by atoms with Crippen molar-refractivity contribution in [2.45, 2.75) is 6.92 Å². The van der Waals surface area contributed by atoms with Gasteiger partial charge in [-0.15, -0.1) is 0 Å². The third kappa shape index (κ3) is 2.16. The molecule has 1 heterocycles. The largest absolute Gasteiger partial charge is 0.496 e. The van der Waals surface area contributed by atoms with Crippen LogP contribution in [0.3, 0.4) is 0 Å². The topological polar surface area (TPSA) is 30.8 Å². The lowest BCUT2D eigenvalue weighted by Gasteiger charge is -2.15. The molecule has 0 bridgehead atoms. The van der Waals surface area contributed by atoms with Crippen molar-refractivity contribution in [3.8, 4) is 16.9 Å². The van der Waals surface area contributed by atoms with E-state index in [4.69, 9.17) is 9.47 Å². The molecule has 20 heavy (non-hydrogen) atoms. The van der Waals surface area contributed by atoms with Crippen LogP contribution >= 0.6 is 0 Å². The highest BCUT2D eigenvalue weighted by Crippen LogP contribution is 2.34. The fourth-order valence-corrected chi connectivity index (χ4v) is 2.53. The van der Waals surface area contributed by atoms with Gasteiger partial charge in [0.05, 0.1) is 13.7 Å². The van der Waals surface area contributed by atoms with Crippen molar-refractivity contribution >= 4 is 5.90 Å². The molecule has 0 amide bonds. The summed E-state index contributed by atoms with van der Waals surface area (Å²) in [6, 6.07) is 14.2. The van der Waals surface area contributed by atoms with E-state index in [9.17, 15) is 0 Å². The Labute approximate surface area is 118 Å². The number of hydrogen-bond acceptors (Lipinski definition) is 3. The molecule has 0 N–H and O–H groups in total. The van der Waals surface area contributed by atoms with Crippen molar-refractivity contribution in [3.05, 3.63) is 53.6 Å².